The van der Waals surface area contributed by atoms with Crippen LogP contribution in [0.4, 0.5) is 11.4 Å². The van der Waals surface area contributed by atoms with E-state index in [4.69, 9.17) is 4.74 Å². The van der Waals surface area contributed by atoms with Gasteiger partial charge in [0, 0.05) is 29.9 Å². The number of nitrogens with zero attached hydrogens (tertiary/aromatic N) is 1. The molecule has 1 N–H and O–H groups in total. The molecule has 2 aromatic rings. The summed E-state index contributed by atoms with van der Waals surface area (Å²) in [5.41, 5.74) is 2.07. The highest BCUT2D eigenvalue weighted by molar-refractivity contribution is 9.10. The van der Waals surface area contributed by atoms with Gasteiger partial charge in [-0.2, -0.15) is 0 Å². The van der Waals surface area contributed by atoms with Crippen LogP contribution in [0.2, 0.25) is 0 Å². The minimum atomic E-state index is -0.546. The summed E-state index contributed by atoms with van der Waals surface area (Å²) in [6.45, 7) is -0.338. The maximum Gasteiger partial charge on any atom is 0.339 e. The van der Waals surface area contributed by atoms with Gasteiger partial charge in [-0.05, 0) is 52.3 Å². The molecule has 1 amide bonds. The van der Waals surface area contributed by atoms with Crippen molar-refractivity contribution in [1.82, 2.24) is 0 Å². The summed E-state index contributed by atoms with van der Waals surface area (Å²) < 4.78 is 5.64. The summed E-state index contributed by atoms with van der Waals surface area (Å²) in [6.07, 6.45) is 0. The topological polar surface area (TPSA) is 58.6 Å². The molecule has 2 aromatic carbocycles. The Hall–Kier alpha value is -2.34. The zero-order valence-electron chi connectivity index (χ0n) is 12.9. The van der Waals surface area contributed by atoms with Crippen LogP contribution in [0.1, 0.15) is 10.4 Å². The third-order valence-electron chi connectivity index (χ3n) is 3.10. The van der Waals surface area contributed by atoms with E-state index < -0.39 is 5.97 Å². The third-order valence-corrected chi connectivity index (χ3v) is 3.79. The van der Waals surface area contributed by atoms with Gasteiger partial charge in [0.15, 0.2) is 6.61 Å². The highest BCUT2D eigenvalue weighted by Crippen LogP contribution is 2.17. The molecule has 0 heterocycles. The first-order valence-corrected chi connectivity index (χ1v) is 7.75. The van der Waals surface area contributed by atoms with Gasteiger partial charge in [-0.25, -0.2) is 4.79 Å². The third kappa shape index (κ3) is 4.82. The Balaban J connectivity index is 1.88. The number of benzene rings is 2. The molecule has 0 fully saturated rings. The highest BCUT2D eigenvalue weighted by Gasteiger charge is 2.13. The lowest BCUT2D eigenvalue weighted by atomic mass is 10.2. The lowest BCUT2D eigenvalue weighted by molar-refractivity contribution is -0.119. The maximum atomic E-state index is 11.9. The van der Waals surface area contributed by atoms with Crippen LogP contribution >= 0.6 is 15.9 Å². The zero-order chi connectivity index (χ0) is 16.8. The van der Waals surface area contributed by atoms with Crippen molar-refractivity contribution < 1.29 is 14.3 Å². The molecule has 6 heteroatoms. The predicted octanol–water partition coefficient (Wildman–Crippen LogP) is 3.31. The largest absolute Gasteiger partial charge is 0.452 e. The molecule has 0 aromatic heterocycles. The molecular weight excluding hydrogens is 360 g/mol. The molecule has 0 aliphatic rings. The Labute approximate surface area is 143 Å². The average Bonchev–Trinajstić information content (AvgIpc) is 2.53. The van der Waals surface area contributed by atoms with Crippen LogP contribution in [0.15, 0.2) is 53.0 Å². The van der Waals surface area contributed by atoms with E-state index in [1.165, 1.54) is 0 Å². The van der Waals surface area contributed by atoms with E-state index in [0.29, 0.717) is 15.7 Å². The van der Waals surface area contributed by atoms with Crippen molar-refractivity contribution in [3.63, 3.8) is 0 Å². The first-order valence-electron chi connectivity index (χ1n) is 6.96. The molecule has 0 radical (unpaired) electrons. The molecule has 0 unspecified atom stereocenters. The molecule has 0 spiro atoms. The van der Waals surface area contributed by atoms with Gasteiger partial charge < -0.3 is 15.0 Å². The number of amides is 1. The van der Waals surface area contributed by atoms with Crippen LogP contribution in [0, 0.1) is 0 Å². The number of anilines is 2. The Morgan fingerprint density at radius 3 is 2.35 bits per heavy atom. The van der Waals surface area contributed by atoms with E-state index in [0.717, 1.165) is 5.69 Å². The van der Waals surface area contributed by atoms with Crippen LogP contribution in [-0.2, 0) is 9.53 Å². The van der Waals surface area contributed by atoms with Gasteiger partial charge in [0.25, 0.3) is 5.91 Å². The first kappa shape index (κ1) is 17.0. The van der Waals surface area contributed by atoms with E-state index >= 15 is 0 Å². The lowest BCUT2D eigenvalue weighted by Gasteiger charge is -2.13. The van der Waals surface area contributed by atoms with E-state index in [1.54, 1.807) is 36.4 Å². The van der Waals surface area contributed by atoms with Gasteiger partial charge in [0.05, 0.1) is 5.56 Å². The van der Waals surface area contributed by atoms with Crippen molar-refractivity contribution in [2.45, 2.75) is 0 Å². The Morgan fingerprint density at radius 1 is 1.09 bits per heavy atom. The monoisotopic (exact) mass is 376 g/mol. The van der Waals surface area contributed by atoms with Gasteiger partial charge in [-0.3, -0.25) is 4.79 Å². The van der Waals surface area contributed by atoms with Gasteiger partial charge in [0.1, 0.15) is 0 Å². The molecular formula is C17H17BrN2O3. The van der Waals surface area contributed by atoms with Crippen molar-refractivity contribution in [1.29, 1.82) is 0 Å². The number of hydrogen-bond donors (Lipinski definition) is 1. The standard InChI is InChI=1S/C17H17BrN2O3/c1-20(2)13-9-7-12(8-10-13)19-16(21)11-23-17(22)14-5-3-4-6-15(14)18/h3-10H,11H2,1-2H3,(H,19,21). The van der Waals surface area contributed by atoms with Gasteiger partial charge in [-0.15, -0.1) is 0 Å². The van der Waals surface area contributed by atoms with E-state index in [1.807, 2.05) is 31.1 Å². The van der Waals surface area contributed by atoms with Crippen molar-refractivity contribution in [2.24, 2.45) is 0 Å². The summed E-state index contributed by atoms with van der Waals surface area (Å²) >= 11 is 3.27. The number of esters is 1. The summed E-state index contributed by atoms with van der Waals surface area (Å²) in [6, 6.07) is 14.3. The van der Waals surface area contributed by atoms with Crippen LogP contribution in [0.5, 0.6) is 0 Å². The molecule has 120 valence electrons. The minimum Gasteiger partial charge on any atom is -0.452 e. The average molecular weight is 377 g/mol. The first-order chi connectivity index (χ1) is 11.0. The second-order valence-corrected chi connectivity index (χ2v) is 5.90. The van der Waals surface area contributed by atoms with Crippen molar-refractivity contribution in [3.05, 3.63) is 58.6 Å². The molecule has 0 atom stereocenters. The Morgan fingerprint density at radius 2 is 1.74 bits per heavy atom. The molecule has 0 aliphatic carbocycles. The van der Waals surface area contributed by atoms with Gasteiger partial charge >= 0.3 is 5.97 Å². The number of carbonyl (C=O) groups is 2. The fraction of sp³-hybridized carbons (Fsp3) is 0.176. The van der Waals surface area contributed by atoms with Crippen molar-refractivity contribution >= 4 is 39.2 Å². The summed E-state index contributed by atoms with van der Waals surface area (Å²) in [5.74, 6) is -0.932. The van der Waals surface area contributed by atoms with Gasteiger partial charge in [-0.1, -0.05) is 12.1 Å². The van der Waals surface area contributed by atoms with Crippen molar-refractivity contribution in [3.8, 4) is 0 Å². The van der Waals surface area contributed by atoms with Crippen LogP contribution in [0.25, 0.3) is 0 Å². The second-order valence-electron chi connectivity index (χ2n) is 5.05. The van der Waals surface area contributed by atoms with Crippen LogP contribution in [-0.4, -0.2) is 32.6 Å². The van der Waals surface area contributed by atoms with Gasteiger partial charge in [0.2, 0.25) is 0 Å². The molecule has 2 rings (SSSR count). The zero-order valence-corrected chi connectivity index (χ0v) is 14.5. The van der Waals surface area contributed by atoms with Crippen LogP contribution < -0.4 is 10.2 Å². The van der Waals surface area contributed by atoms with E-state index in [-0.39, 0.29) is 12.5 Å². The number of halogens is 1. The molecule has 0 saturated carbocycles. The number of ether oxygens (including phenoxy) is 1. The molecule has 0 saturated heterocycles. The molecule has 5 nitrogen and oxygen atoms in total. The Bertz CT molecular complexity index is 699. The summed E-state index contributed by atoms with van der Waals surface area (Å²) in [5, 5.41) is 2.68. The molecule has 0 bridgehead atoms. The highest BCUT2D eigenvalue weighted by atomic mass is 79.9. The normalized spacial score (nSPS) is 10.0. The van der Waals surface area contributed by atoms with Crippen LogP contribution in [0.3, 0.4) is 0 Å². The summed E-state index contributed by atoms with van der Waals surface area (Å²) in [4.78, 5) is 25.7. The number of carbonyl (C=O) groups excluding carboxylic acids is 2. The number of nitrogens with one attached hydrogen (secondary N) is 1. The Kier molecular flexibility index (Phi) is 5.76. The molecule has 23 heavy (non-hydrogen) atoms. The predicted molar refractivity (Wildman–Crippen MR) is 93.8 cm³/mol. The SMILES string of the molecule is CN(C)c1ccc(NC(=O)COC(=O)c2ccccc2Br)cc1. The fourth-order valence-corrected chi connectivity index (χ4v) is 2.32. The quantitative estimate of drug-likeness (QED) is 0.813. The van der Waals surface area contributed by atoms with Crippen molar-refractivity contribution in [2.75, 3.05) is 30.9 Å². The maximum absolute atomic E-state index is 11.9. The number of hydrogen-bond acceptors (Lipinski definition) is 4. The lowest BCUT2D eigenvalue weighted by Crippen LogP contribution is -2.21. The number of rotatable bonds is 5. The smallest absolute Gasteiger partial charge is 0.339 e. The second kappa shape index (κ2) is 7.78. The summed E-state index contributed by atoms with van der Waals surface area (Å²) in [7, 11) is 3.88. The minimum absolute atomic E-state index is 0.338. The van der Waals surface area contributed by atoms with E-state index in [2.05, 4.69) is 21.2 Å². The van der Waals surface area contributed by atoms with E-state index in [9.17, 15) is 9.59 Å². The fourth-order valence-electron chi connectivity index (χ4n) is 1.88. The molecule has 0 aliphatic heterocycles.